The molecule has 15 heavy (non-hydrogen) atoms. The average molecular weight is 210 g/mol. The second-order valence-corrected chi connectivity index (χ2v) is 5.76. The number of nitrogens with one attached hydrogen (secondary N) is 1. The maximum atomic E-state index is 3.47. The van der Waals surface area contributed by atoms with Gasteiger partial charge in [0.2, 0.25) is 0 Å². The minimum atomic E-state index is 0.409. The SMILES string of the molecule is CNC1(C)CCN(CC2CCCC2)CC1. The molecule has 0 aromatic rings. The largest absolute Gasteiger partial charge is 0.314 e. The third kappa shape index (κ3) is 2.94. The summed E-state index contributed by atoms with van der Waals surface area (Å²) in [5.41, 5.74) is 0.409. The summed E-state index contributed by atoms with van der Waals surface area (Å²) in [6.45, 7) is 6.33. The lowest BCUT2D eigenvalue weighted by molar-refractivity contribution is 0.135. The zero-order valence-electron chi connectivity index (χ0n) is 10.4. The van der Waals surface area contributed by atoms with Crippen LogP contribution in [0.3, 0.4) is 0 Å². The van der Waals surface area contributed by atoms with E-state index in [0.717, 1.165) is 5.92 Å². The highest BCUT2D eigenvalue weighted by Crippen LogP contribution is 2.28. The average Bonchev–Trinajstić information content (AvgIpc) is 2.75. The van der Waals surface area contributed by atoms with E-state index in [0.29, 0.717) is 5.54 Å². The van der Waals surface area contributed by atoms with E-state index in [1.165, 1.54) is 58.2 Å². The molecule has 1 aliphatic carbocycles. The molecular weight excluding hydrogens is 184 g/mol. The van der Waals surface area contributed by atoms with Crippen LogP contribution in [0, 0.1) is 5.92 Å². The summed E-state index contributed by atoms with van der Waals surface area (Å²) in [5.74, 6) is 1.02. The molecular formula is C13H26N2. The lowest BCUT2D eigenvalue weighted by atomic mass is 9.89. The van der Waals surface area contributed by atoms with E-state index in [-0.39, 0.29) is 0 Å². The van der Waals surface area contributed by atoms with Gasteiger partial charge in [-0.1, -0.05) is 12.8 Å². The quantitative estimate of drug-likeness (QED) is 0.768. The van der Waals surface area contributed by atoms with Gasteiger partial charge in [-0.25, -0.2) is 0 Å². The number of nitrogens with zero attached hydrogens (tertiary/aromatic N) is 1. The van der Waals surface area contributed by atoms with Gasteiger partial charge in [-0.2, -0.15) is 0 Å². The van der Waals surface area contributed by atoms with Crippen LogP contribution in [0.15, 0.2) is 0 Å². The van der Waals surface area contributed by atoms with Gasteiger partial charge in [-0.15, -0.1) is 0 Å². The Bertz CT molecular complexity index is 189. The Labute approximate surface area is 94.4 Å². The molecule has 2 rings (SSSR count). The van der Waals surface area contributed by atoms with E-state index >= 15 is 0 Å². The molecule has 0 aromatic heterocycles. The summed E-state index contributed by atoms with van der Waals surface area (Å²) >= 11 is 0. The molecule has 2 fully saturated rings. The first-order valence-electron chi connectivity index (χ1n) is 6.63. The van der Waals surface area contributed by atoms with E-state index in [9.17, 15) is 0 Å². The van der Waals surface area contributed by atoms with Gasteiger partial charge >= 0.3 is 0 Å². The van der Waals surface area contributed by atoms with Gasteiger partial charge < -0.3 is 10.2 Å². The van der Waals surface area contributed by atoms with Crippen molar-refractivity contribution in [3.05, 3.63) is 0 Å². The second kappa shape index (κ2) is 4.84. The molecule has 1 saturated heterocycles. The van der Waals surface area contributed by atoms with E-state index in [2.05, 4.69) is 24.2 Å². The van der Waals surface area contributed by atoms with Gasteiger partial charge in [0, 0.05) is 12.1 Å². The topological polar surface area (TPSA) is 15.3 Å². The Kier molecular flexibility index (Phi) is 3.68. The van der Waals surface area contributed by atoms with Crippen molar-refractivity contribution in [1.82, 2.24) is 10.2 Å². The molecule has 0 aromatic carbocycles. The number of likely N-dealkylation sites (tertiary alicyclic amines) is 1. The Morgan fingerprint density at radius 2 is 1.80 bits per heavy atom. The highest BCUT2D eigenvalue weighted by Gasteiger charge is 2.29. The fraction of sp³-hybridized carbons (Fsp3) is 1.00. The summed E-state index contributed by atoms with van der Waals surface area (Å²) in [6, 6.07) is 0. The van der Waals surface area contributed by atoms with Crippen molar-refractivity contribution in [1.29, 1.82) is 0 Å². The molecule has 1 heterocycles. The maximum Gasteiger partial charge on any atom is 0.0174 e. The van der Waals surface area contributed by atoms with E-state index in [1.54, 1.807) is 0 Å². The maximum absolute atomic E-state index is 3.47. The first-order valence-corrected chi connectivity index (χ1v) is 6.63. The first kappa shape index (κ1) is 11.4. The molecule has 1 saturated carbocycles. The third-order valence-electron chi connectivity index (χ3n) is 4.55. The van der Waals surface area contributed by atoms with Gasteiger partial charge in [0.25, 0.3) is 0 Å². The van der Waals surface area contributed by atoms with E-state index in [4.69, 9.17) is 0 Å². The first-order chi connectivity index (χ1) is 7.22. The molecule has 2 aliphatic rings. The van der Waals surface area contributed by atoms with Gasteiger partial charge in [0.1, 0.15) is 0 Å². The summed E-state index contributed by atoms with van der Waals surface area (Å²) < 4.78 is 0. The van der Waals surface area contributed by atoms with Crippen molar-refractivity contribution < 1.29 is 0 Å². The minimum absolute atomic E-state index is 0.409. The fourth-order valence-electron chi connectivity index (χ4n) is 3.04. The smallest absolute Gasteiger partial charge is 0.0174 e. The monoisotopic (exact) mass is 210 g/mol. The Balaban J connectivity index is 1.73. The molecule has 0 atom stereocenters. The molecule has 2 heteroatoms. The van der Waals surface area contributed by atoms with Crippen molar-refractivity contribution in [2.75, 3.05) is 26.7 Å². The lowest BCUT2D eigenvalue weighted by Gasteiger charge is -2.40. The van der Waals surface area contributed by atoms with Crippen LogP contribution in [-0.2, 0) is 0 Å². The van der Waals surface area contributed by atoms with Crippen molar-refractivity contribution >= 4 is 0 Å². The summed E-state index contributed by atoms with van der Waals surface area (Å²) in [4.78, 5) is 2.69. The molecule has 2 nitrogen and oxygen atoms in total. The predicted molar refractivity (Wildman–Crippen MR) is 65.1 cm³/mol. The van der Waals surface area contributed by atoms with Crippen LogP contribution in [0.5, 0.6) is 0 Å². The van der Waals surface area contributed by atoms with Gasteiger partial charge in [-0.05, 0) is 58.7 Å². The normalized spacial score (nSPS) is 28.4. The highest BCUT2D eigenvalue weighted by atomic mass is 15.1. The molecule has 0 spiro atoms. The Hall–Kier alpha value is -0.0800. The Morgan fingerprint density at radius 3 is 2.33 bits per heavy atom. The van der Waals surface area contributed by atoms with Crippen LogP contribution in [0.4, 0.5) is 0 Å². The van der Waals surface area contributed by atoms with Crippen LogP contribution < -0.4 is 5.32 Å². The van der Waals surface area contributed by atoms with Crippen LogP contribution in [0.25, 0.3) is 0 Å². The molecule has 0 radical (unpaired) electrons. The molecule has 0 bridgehead atoms. The second-order valence-electron chi connectivity index (χ2n) is 5.76. The van der Waals surface area contributed by atoms with Crippen molar-refractivity contribution in [3.8, 4) is 0 Å². The predicted octanol–water partition coefficient (Wildman–Crippen LogP) is 2.25. The molecule has 1 N–H and O–H groups in total. The van der Waals surface area contributed by atoms with Crippen LogP contribution >= 0.6 is 0 Å². The standard InChI is InChI=1S/C13H26N2/c1-13(14-2)7-9-15(10-8-13)11-12-5-3-4-6-12/h12,14H,3-11H2,1-2H3. The zero-order chi connectivity index (χ0) is 10.7. The number of rotatable bonds is 3. The van der Waals surface area contributed by atoms with Crippen molar-refractivity contribution in [3.63, 3.8) is 0 Å². The minimum Gasteiger partial charge on any atom is -0.314 e. The molecule has 1 aliphatic heterocycles. The zero-order valence-corrected chi connectivity index (χ0v) is 10.4. The number of hydrogen-bond acceptors (Lipinski definition) is 2. The molecule has 0 unspecified atom stereocenters. The third-order valence-corrected chi connectivity index (χ3v) is 4.55. The molecule has 0 amide bonds. The van der Waals surface area contributed by atoms with Gasteiger partial charge in [0.05, 0.1) is 0 Å². The van der Waals surface area contributed by atoms with Gasteiger partial charge in [-0.3, -0.25) is 0 Å². The van der Waals surface area contributed by atoms with Crippen LogP contribution in [0.2, 0.25) is 0 Å². The number of piperidine rings is 1. The van der Waals surface area contributed by atoms with Crippen LogP contribution in [-0.4, -0.2) is 37.1 Å². The van der Waals surface area contributed by atoms with Gasteiger partial charge in [0.15, 0.2) is 0 Å². The van der Waals surface area contributed by atoms with Crippen LogP contribution in [0.1, 0.15) is 45.4 Å². The van der Waals surface area contributed by atoms with Crippen molar-refractivity contribution in [2.45, 2.75) is 51.0 Å². The molecule has 88 valence electrons. The summed E-state index contributed by atoms with van der Waals surface area (Å²) in [6.07, 6.45) is 8.56. The Morgan fingerprint density at radius 1 is 1.20 bits per heavy atom. The fourth-order valence-corrected chi connectivity index (χ4v) is 3.04. The van der Waals surface area contributed by atoms with Crippen molar-refractivity contribution in [2.24, 2.45) is 5.92 Å². The summed E-state index contributed by atoms with van der Waals surface area (Å²) in [7, 11) is 2.10. The van der Waals surface area contributed by atoms with E-state index in [1.807, 2.05) is 0 Å². The summed E-state index contributed by atoms with van der Waals surface area (Å²) in [5, 5.41) is 3.47. The highest BCUT2D eigenvalue weighted by molar-refractivity contribution is 4.88. The number of hydrogen-bond donors (Lipinski definition) is 1. The van der Waals surface area contributed by atoms with E-state index < -0.39 is 0 Å². The lowest BCUT2D eigenvalue weighted by Crippen LogP contribution is -2.50.